The second-order valence-electron chi connectivity index (χ2n) is 1.40. The molecule has 0 saturated heterocycles. The molecule has 0 aliphatic carbocycles. The highest BCUT2D eigenvalue weighted by Crippen LogP contribution is 2.10. The van der Waals surface area contributed by atoms with Crippen LogP contribution in [0.4, 0.5) is 0 Å². The molecule has 44 valence electrons. The van der Waals surface area contributed by atoms with Crippen molar-refractivity contribution in [2.75, 3.05) is 12.3 Å². The van der Waals surface area contributed by atoms with Gasteiger partial charge in [-0.3, -0.25) is 4.99 Å². The molecule has 0 unspecified atom stereocenters. The number of thiocarbonyl (C=S) groups is 1. The van der Waals surface area contributed by atoms with E-state index in [0.717, 1.165) is 17.3 Å². The van der Waals surface area contributed by atoms with Gasteiger partial charge < -0.3 is 5.73 Å². The molecule has 0 amide bonds. The predicted octanol–water partition coefficient (Wildman–Crippen LogP) is 0.418. The van der Waals surface area contributed by atoms with E-state index in [0.29, 0.717) is 4.99 Å². The minimum atomic E-state index is 0.438. The van der Waals surface area contributed by atoms with E-state index in [9.17, 15) is 0 Å². The van der Waals surface area contributed by atoms with Gasteiger partial charge in [0.05, 0.1) is 0 Å². The number of thioether (sulfide) groups is 1. The zero-order valence-corrected chi connectivity index (χ0v) is 5.89. The second-order valence-corrected chi connectivity index (χ2v) is 2.92. The Kier molecular flexibility index (Phi) is 1.85. The van der Waals surface area contributed by atoms with Gasteiger partial charge in [-0.25, -0.2) is 0 Å². The topological polar surface area (TPSA) is 38.4 Å². The standard InChI is InChI=1S/C4H6N2S2/c5-3(7)4-6-1-2-8-4/h1-2H2,(H2,5,7). The van der Waals surface area contributed by atoms with E-state index in [2.05, 4.69) is 17.2 Å². The zero-order chi connectivity index (χ0) is 5.98. The minimum absolute atomic E-state index is 0.438. The van der Waals surface area contributed by atoms with E-state index >= 15 is 0 Å². The molecule has 1 aliphatic heterocycles. The van der Waals surface area contributed by atoms with E-state index < -0.39 is 0 Å². The Hall–Kier alpha value is -0.0900. The zero-order valence-electron chi connectivity index (χ0n) is 4.26. The van der Waals surface area contributed by atoms with Gasteiger partial charge in [0.2, 0.25) is 0 Å². The normalized spacial score (nSPS) is 18.2. The summed E-state index contributed by atoms with van der Waals surface area (Å²) in [6, 6.07) is 0. The number of hydrogen-bond acceptors (Lipinski definition) is 3. The van der Waals surface area contributed by atoms with Gasteiger partial charge in [0.15, 0.2) is 0 Å². The van der Waals surface area contributed by atoms with Crippen molar-refractivity contribution in [1.29, 1.82) is 0 Å². The second kappa shape index (κ2) is 2.46. The number of aliphatic imine (C=N–C) groups is 1. The van der Waals surface area contributed by atoms with E-state index in [-0.39, 0.29) is 0 Å². The van der Waals surface area contributed by atoms with Crippen LogP contribution in [0.15, 0.2) is 4.99 Å². The maximum absolute atomic E-state index is 5.28. The summed E-state index contributed by atoms with van der Waals surface area (Å²) in [5.41, 5.74) is 5.28. The monoisotopic (exact) mass is 146 g/mol. The molecule has 0 spiro atoms. The summed E-state index contributed by atoms with van der Waals surface area (Å²) in [6.45, 7) is 0.872. The van der Waals surface area contributed by atoms with Crippen LogP contribution in [-0.2, 0) is 0 Å². The van der Waals surface area contributed by atoms with Gasteiger partial charge in [0.25, 0.3) is 0 Å². The van der Waals surface area contributed by atoms with Gasteiger partial charge in [-0.15, -0.1) is 11.8 Å². The lowest BCUT2D eigenvalue weighted by atomic mass is 10.7. The maximum atomic E-state index is 5.28. The molecular weight excluding hydrogens is 140 g/mol. The highest BCUT2D eigenvalue weighted by molar-refractivity contribution is 8.17. The van der Waals surface area contributed by atoms with Crippen LogP contribution >= 0.6 is 24.0 Å². The third-order valence-corrected chi connectivity index (χ3v) is 2.13. The average molecular weight is 146 g/mol. The van der Waals surface area contributed by atoms with Crippen molar-refractivity contribution in [3.8, 4) is 0 Å². The van der Waals surface area contributed by atoms with Crippen LogP contribution in [0.25, 0.3) is 0 Å². The van der Waals surface area contributed by atoms with Crippen LogP contribution < -0.4 is 5.73 Å². The van der Waals surface area contributed by atoms with E-state index in [1.54, 1.807) is 11.8 Å². The Morgan fingerprint density at radius 2 is 2.62 bits per heavy atom. The van der Waals surface area contributed by atoms with Gasteiger partial charge in [0.1, 0.15) is 10.0 Å². The van der Waals surface area contributed by atoms with Crippen LogP contribution in [0.3, 0.4) is 0 Å². The Morgan fingerprint density at radius 1 is 1.88 bits per heavy atom. The first-order valence-corrected chi connectivity index (χ1v) is 3.67. The summed E-state index contributed by atoms with van der Waals surface area (Å²) in [5, 5.41) is 0.847. The van der Waals surface area contributed by atoms with Crippen molar-refractivity contribution in [1.82, 2.24) is 0 Å². The summed E-state index contributed by atoms with van der Waals surface area (Å²) in [6.07, 6.45) is 0. The van der Waals surface area contributed by atoms with Crippen molar-refractivity contribution in [2.45, 2.75) is 0 Å². The number of rotatable bonds is 1. The van der Waals surface area contributed by atoms with Crippen molar-refractivity contribution in [3.05, 3.63) is 0 Å². The van der Waals surface area contributed by atoms with Gasteiger partial charge in [0, 0.05) is 12.3 Å². The highest BCUT2D eigenvalue weighted by Gasteiger charge is 2.07. The van der Waals surface area contributed by atoms with Gasteiger partial charge >= 0.3 is 0 Å². The van der Waals surface area contributed by atoms with E-state index in [1.165, 1.54) is 0 Å². The Morgan fingerprint density at radius 3 is 2.88 bits per heavy atom. The third-order valence-electron chi connectivity index (χ3n) is 0.796. The maximum Gasteiger partial charge on any atom is 0.128 e. The molecule has 8 heavy (non-hydrogen) atoms. The first-order chi connectivity index (χ1) is 3.80. The van der Waals surface area contributed by atoms with E-state index in [4.69, 9.17) is 5.73 Å². The lowest BCUT2D eigenvalue weighted by Gasteiger charge is -1.89. The summed E-state index contributed by atoms with van der Waals surface area (Å²) >= 11 is 6.32. The largest absolute Gasteiger partial charge is 0.388 e. The van der Waals surface area contributed by atoms with E-state index in [1.807, 2.05) is 0 Å². The smallest absolute Gasteiger partial charge is 0.128 e. The molecule has 0 aromatic heterocycles. The van der Waals surface area contributed by atoms with Gasteiger partial charge in [-0.1, -0.05) is 12.2 Å². The van der Waals surface area contributed by atoms with Crippen LogP contribution in [0.1, 0.15) is 0 Å². The fraction of sp³-hybridized carbons (Fsp3) is 0.500. The summed E-state index contributed by atoms with van der Waals surface area (Å²) in [4.78, 5) is 4.49. The molecule has 1 rings (SSSR count). The molecule has 0 aromatic carbocycles. The molecular formula is C4H6N2S2. The van der Waals surface area contributed by atoms with Crippen molar-refractivity contribution in [3.63, 3.8) is 0 Å². The summed E-state index contributed by atoms with van der Waals surface area (Å²) in [7, 11) is 0. The molecule has 0 atom stereocenters. The molecule has 0 saturated carbocycles. The average Bonchev–Trinajstić information content (AvgIpc) is 2.12. The minimum Gasteiger partial charge on any atom is -0.388 e. The fourth-order valence-corrected chi connectivity index (χ4v) is 1.43. The van der Waals surface area contributed by atoms with Crippen molar-refractivity contribution in [2.24, 2.45) is 10.7 Å². The molecule has 0 fully saturated rings. The lowest BCUT2D eigenvalue weighted by molar-refractivity contribution is 1.18. The van der Waals surface area contributed by atoms with Gasteiger partial charge in [-0.2, -0.15) is 0 Å². The summed E-state index contributed by atoms with van der Waals surface area (Å²) < 4.78 is 0. The molecule has 2 N–H and O–H groups in total. The van der Waals surface area contributed by atoms with Crippen molar-refractivity contribution >= 4 is 34.0 Å². The first-order valence-electron chi connectivity index (χ1n) is 2.28. The molecule has 0 radical (unpaired) electrons. The predicted molar refractivity (Wildman–Crippen MR) is 41.5 cm³/mol. The number of nitrogens with zero attached hydrogens (tertiary/aromatic N) is 1. The SMILES string of the molecule is NC(=S)C1=NCCS1. The molecule has 0 aromatic rings. The van der Waals surface area contributed by atoms with Crippen LogP contribution in [-0.4, -0.2) is 22.3 Å². The van der Waals surface area contributed by atoms with Gasteiger partial charge in [-0.05, 0) is 0 Å². The Balaban J connectivity index is 2.57. The van der Waals surface area contributed by atoms with Crippen LogP contribution in [0, 0.1) is 0 Å². The number of nitrogens with two attached hydrogens (primary N) is 1. The number of hydrogen-bond donors (Lipinski definition) is 1. The first kappa shape index (κ1) is 6.04. The molecule has 4 heteroatoms. The Labute approximate surface area is 57.5 Å². The highest BCUT2D eigenvalue weighted by atomic mass is 32.2. The van der Waals surface area contributed by atoms with Crippen LogP contribution in [0.2, 0.25) is 0 Å². The summed E-state index contributed by atoms with van der Waals surface area (Å²) in [5.74, 6) is 1.03. The third kappa shape index (κ3) is 1.20. The fourth-order valence-electron chi connectivity index (χ4n) is 0.484. The van der Waals surface area contributed by atoms with Crippen molar-refractivity contribution < 1.29 is 0 Å². The molecule has 1 aliphatic rings. The molecule has 1 heterocycles. The Bertz CT molecular complexity index is 141. The quantitative estimate of drug-likeness (QED) is 0.545. The molecule has 0 bridgehead atoms. The molecule has 2 nitrogen and oxygen atoms in total. The lowest BCUT2D eigenvalue weighted by Crippen LogP contribution is -2.15. The van der Waals surface area contributed by atoms with Crippen LogP contribution in [0.5, 0.6) is 0 Å².